The number of hydrogen-bond donors (Lipinski definition) is 0. The van der Waals surface area contributed by atoms with E-state index in [1.54, 1.807) is 12.1 Å². The summed E-state index contributed by atoms with van der Waals surface area (Å²) < 4.78 is 0. The molecule has 0 atom stereocenters. The molecule has 0 heterocycles. The Morgan fingerprint density at radius 3 is 1.43 bits per heavy atom. The van der Waals surface area contributed by atoms with Gasteiger partial charge in [-0.15, -0.1) is 0 Å². The van der Waals surface area contributed by atoms with Gasteiger partial charge in [0.1, 0.15) is 0 Å². The Morgan fingerprint density at radius 2 is 1.05 bits per heavy atom. The van der Waals surface area contributed by atoms with E-state index in [1.165, 1.54) is 0 Å². The zero-order chi connectivity index (χ0) is 15.2. The molecule has 0 bridgehead atoms. The van der Waals surface area contributed by atoms with Crippen LogP contribution in [-0.4, -0.2) is 15.0 Å². The van der Waals surface area contributed by atoms with Crippen LogP contribution >= 0.6 is 46.4 Å². The average molecular weight is 423 g/mol. The first-order chi connectivity index (χ1) is 10.1. The molecule has 0 aromatic heterocycles. The average Bonchev–Trinajstić information content (AvgIpc) is 2.46. The zero-order valence-electron chi connectivity index (χ0n) is 10.7. The normalized spacial score (nSPS) is 11.6. The van der Waals surface area contributed by atoms with Gasteiger partial charge < -0.3 is 0 Å². The van der Waals surface area contributed by atoms with Gasteiger partial charge in [0.15, 0.2) is 0 Å². The fourth-order valence-electron chi connectivity index (χ4n) is 1.51. The quantitative estimate of drug-likeness (QED) is 0.484. The molecule has 0 aliphatic rings. The molecule has 0 fully saturated rings. The molecule has 5 heteroatoms. The van der Waals surface area contributed by atoms with E-state index >= 15 is 0 Å². The molecule has 0 saturated heterocycles. The Labute approximate surface area is 150 Å². The predicted molar refractivity (Wildman–Crippen MR) is 96.7 cm³/mol. The first-order valence-corrected chi connectivity index (χ1v) is 9.44. The fraction of sp³-hybridized carbons (Fsp3) is 0. The molecule has 0 unspecified atom stereocenters. The number of benzene rings is 2. The monoisotopic (exact) mass is 422 g/mol. The fourth-order valence-corrected chi connectivity index (χ4v) is 3.31. The van der Waals surface area contributed by atoms with E-state index in [0.29, 0.717) is 20.1 Å². The van der Waals surface area contributed by atoms with E-state index in [1.807, 2.05) is 36.4 Å². The molecule has 0 N–H and O–H groups in total. The van der Waals surface area contributed by atoms with Gasteiger partial charge in [-0.05, 0) is 0 Å². The third kappa shape index (κ3) is 5.38. The van der Waals surface area contributed by atoms with Crippen LogP contribution in [0.25, 0.3) is 12.2 Å². The number of hydrogen-bond acceptors (Lipinski definition) is 0. The summed E-state index contributed by atoms with van der Waals surface area (Å²) >= 11 is 23.9. The van der Waals surface area contributed by atoms with Crippen LogP contribution in [0.5, 0.6) is 0 Å². The zero-order valence-corrected chi connectivity index (χ0v) is 15.4. The van der Waals surface area contributed by atoms with Gasteiger partial charge in [0, 0.05) is 0 Å². The van der Waals surface area contributed by atoms with E-state index in [0.717, 1.165) is 11.1 Å². The molecule has 0 saturated carbocycles. The molecule has 0 aliphatic heterocycles. The van der Waals surface area contributed by atoms with E-state index < -0.39 is 0 Å². The third-order valence-electron chi connectivity index (χ3n) is 2.57. The molecule has 0 aliphatic carbocycles. The van der Waals surface area contributed by atoms with Crippen LogP contribution in [-0.2, 0) is 0 Å². The summed E-state index contributed by atoms with van der Waals surface area (Å²) in [5, 5.41) is 2.27. The first-order valence-electron chi connectivity index (χ1n) is 5.95. The van der Waals surface area contributed by atoms with Gasteiger partial charge in [-0.1, -0.05) is 0 Å². The molecule has 21 heavy (non-hydrogen) atoms. The number of rotatable bonds is 4. The van der Waals surface area contributed by atoms with Crippen molar-refractivity contribution in [3.63, 3.8) is 0 Å². The topological polar surface area (TPSA) is 0 Å². The van der Waals surface area contributed by atoms with Crippen molar-refractivity contribution in [1.29, 1.82) is 0 Å². The molecule has 0 radical (unpaired) electrons. The summed E-state index contributed by atoms with van der Waals surface area (Å²) in [4.78, 5) is 4.22. The standard InChI is InChI=1S/C16H10Cl4Se/c17-13-3-1-11(9-15(13)19)5-7-21-8-6-12-2-4-14(18)16(20)10-12/h1-10H/b7-5+,8-6+. The Morgan fingerprint density at radius 1 is 0.619 bits per heavy atom. The van der Waals surface area contributed by atoms with Crippen molar-refractivity contribution in [2.75, 3.05) is 0 Å². The van der Waals surface area contributed by atoms with Gasteiger partial charge in [-0.3, -0.25) is 0 Å². The summed E-state index contributed by atoms with van der Waals surface area (Å²) in [5.41, 5.74) is 2.07. The van der Waals surface area contributed by atoms with E-state index in [2.05, 4.69) is 9.95 Å². The van der Waals surface area contributed by atoms with Crippen LogP contribution in [0.1, 0.15) is 11.1 Å². The second kappa shape index (κ2) is 8.29. The van der Waals surface area contributed by atoms with Crippen molar-refractivity contribution >= 4 is 73.5 Å². The van der Waals surface area contributed by atoms with Crippen molar-refractivity contribution in [1.82, 2.24) is 0 Å². The second-order valence-corrected chi connectivity index (χ2v) is 7.43. The molecule has 0 spiro atoms. The van der Waals surface area contributed by atoms with Crippen LogP contribution in [0.15, 0.2) is 46.3 Å². The molecular formula is C16H10Cl4Se. The molecule has 2 aromatic rings. The maximum atomic E-state index is 5.96. The SMILES string of the molecule is Clc1ccc(/C=C/[Se]/C=C/c2ccc(Cl)c(Cl)c2)cc1Cl. The van der Waals surface area contributed by atoms with Gasteiger partial charge >= 0.3 is 151 Å². The van der Waals surface area contributed by atoms with Crippen molar-refractivity contribution in [3.05, 3.63) is 77.6 Å². The van der Waals surface area contributed by atoms with E-state index in [-0.39, 0.29) is 15.0 Å². The van der Waals surface area contributed by atoms with Crippen LogP contribution < -0.4 is 0 Å². The van der Waals surface area contributed by atoms with Gasteiger partial charge in [0.25, 0.3) is 0 Å². The van der Waals surface area contributed by atoms with Gasteiger partial charge in [-0.25, -0.2) is 0 Å². The summed E-state index contributed by atoms with van der Waals surface area (Å²) in [5.74, 6) is 0. The Balaban J connectivity index is 1.93. The summed E-state index contributed by atoms with van der Waals surface area (Å²) in [6.45, 7) is 0. The summed E-state index contributed by atoms with van der Waals surface area (Å²) in [7, 11) is 0. The molecular weight excluding hydrogens is 413 g/mol. The molecule has 108 valence electrons. The maximum absolute atomic E-state index is 5.96. The Kier molecular flexibility index (Phi) is 6.70. The predicted octanol–water partition coefficient (Wildman–Crippen LogP) is 6.65. The Hall–Kier alpha value is -0.401. The summed E-state index contributed by atoms with van der Waals surface area (Å²) in [6.07, 6.45) is 4.06. The van der Waals surface area contributed by atoms with Crippen molar-refractivity contribution in [3.8, 4) is 0 Å². The first kappa shape index (κ1) is 17.0. The van der Waals surface area contributed by atoms with Crippen LogP contribution in [0.4, 0.5) is 0 Å². The summed E-state index contributed by atoms with van der Waals surface area (Å²) in [6, 6.07) is 11.1. The second-order valence-electron chi connectivity index (χ2n) is 4.09. The van der Waals surface area contributed by atoms with Crippen molar-refractivity contribution in [2.45, 2.75) is 0 Å². The third-order valence-corrected chi connectivity index (χ3v) is 5.27. The van der Waals surface area contributed by atoms with E-state index in [4.69, 9.17) is 46.4 Å². The van der Waals surface area contributed by atoms with Gasteiger partial charge in [0.05, 0.1) is 0 Å². The minimum atomic E-state index is 0.248. The molecule has 0 amide bonds. The molecule has 0 nitrogen and oxygen atoms in total. The van der Waals surface area contributed by atoms with Crippen LogP contribution in [0.3, 0.4) is 0 Å². The minimum absolute atomic E-state index is 0.248. The van der Waals surface area contributed by atoms with Gasteiger partial charge in [-0.2, -0.15) is 0 Å². The molecule has 2 rings (SSSR count). The molecule has 2 aromatic carbocycles. The Bertz CT molecular complexity index is 633. The van der Waals surface area contributed by atoms with Crippen LogP contribution in [0.2, 0.25) is 20.1 Å². The van der Waals surface area contributed by atoms with E-state index in [9.17, 15) is 0 Å². The van der Waals surface area contributed by atoms with Crippen molar-refractivity contribution in [2.24, 2.45) is 0 Å². The van der Waals surface area contributed by atoms with Crippen molar-refractivity contribution < 1.29 is 0 Å². The van der Waals surface area contributed by atoms with Gasteiger partial charge in [0.2, 0.25) is 0 Å². The van der Waals surface area contributed by atoms with Crippen LogP contribution in [0, 0.1) is 0 Å². The number of halogens is 4.